The normalized spacial score (nSPS) is 44.8. The Balaban J connectivity index is 1.32. The van der Waals surface area contributed by atoms with E-state index in [-0.39, 0.29) is 23.6 Å². The molecule has 3 unspecified atom stereocenters. The fourth-order valence-electron chi connectivity index (χ4n) is 10.6. The number of allylic oxidation sites excluding steroid dienone is 1. The number of hydrogen-bond donors (Lipinski definition) is 1. The third-order valence-corrected chi connectivity index (χ3v) is 11.6. The lowest BCUT2D eigenvalue weighted by Gasteiger charge is -2.57. The third kappa shape index (κ3) is 3.53. The molecule has 6 rings (SSSR count). The van der Waals surface area contributed by atoms with Crippen molar-refractivity contribution in [3.05, 3.63) is 23.0 Å². The predicted molar refractivity (Wildman–Crippen MR) is 134 cm³/mol. The summed E-state index contributed by atoms with van der Waals surface area (Å²) in [5.74, 6) is 7.26. The van der Waals surface area contributed by atoms with Gasteiger partial charge in [-0.3, -0.25) is 0 Å². The van der Waals surface area contributed by atoms with E-state index in [4.69, 9.17) is 0 Å². The number of nitrogens with zero attached hydrogens (tertiary/aromatic N) is 4. The Kier molecular flexibility index (Phi) is 5.71. The Hall–Kier alpha value is -2.40. The van der Waals surface area contributed by atoms with Crippen molar-refractivity contribution in [2.75, 3.05) is 0 Å². The van der Waals surface area contributed by atoms with Gasteiger partial charge in [0.15, 0.2) is 5.69 Å². The standard InChI is InChI=1S/C30H38N4O2/c1-29(36)10-8-22-18(13-29)6-7-26-23(22)9-11-30(2)27(24-4-3-5-25(24)28(26)30)19(17-35)16-34-21(15-32)12-20(14-31)33-34/h12,18,22-28,36H,3-11,13,16H2,1-2H3/t18?,22-,23+,24-,25+,26?,27-,28?,29+,30+/m0/s1. The highest BCUT2D eigenvalue weighted by Gasteiger charge is 2.65. The second-order valence-corrected chi connectivity index (χ2v) is 13.3. The Morgan fingerprint density at radius 3 is 2.53 bits per heavy atom. The molecule has 1 aromatic heterocycles. The Morgan fingerprint density at radius 1 is 1.03 bits per heavy atom. The molecule has 0 aliphatic heterocycles. The monoisotopic (exact) mass is 486 g/mol. The van der Waals surface area contributed by atoms with Gasteiger partial charge >= 0.3 is 0 Å². The number of aliphatic hydroxyl groups is 1. The molecule has 0 spiro atoms. The molecule has 1 heterocycles. The van der Waals surface area contributed by atoms with Crippen molar-refractivity contribution >= 4 is 5.94 Å². The molecule has 5 aliphatic carbocycles. The largest absolute Gasteiger partial charge is 0.390 e. The van der Waals surface area contributed by atoms with Crippen LogP contribution in [0.2, 0.25) is 0 Å². The van der Waals surface area contributed by atoms with Gasteiger partial charge in [-0.1, -0.05) is 13.3 Å². The van der Waals surface area contributed by atoms with Gasteiger partial charge in [0.25, 0.3) is 0 Å². The molecule has 5 fully saturated rings. The van der Waals surface area contributed by atoms with Crippen LogP contribution in [0.15, 0.2) is 11.6 Å². The molecular weight excluding hydrogens is 448 g/mol. The minimum Gasteiger partial charge on any atom is -0.390 e. The van der Waals surface area contributed by atoms with Gasteiger partial charge in [-0.25, -0.2) is 9.48 Å². The SMILES string of the molecule is C[C@@]1(O)CC[C@H]2C(CCC3C4[C@@H]5CCC[C@@H]5[C@H](C(=C=O)Cn5nc(C#N)cc5C#N)[C@@]4(C)CC[C@@H]32)C1. The number of carbonyl (C=O) groups excluding carboxylic acids is 1. The van der Waals surface area contributed by atoms with Crippen LogP contribution in [0, 0.1) is 75.4 Å². The van der Waals surface area contributed by atoms with Crippen molar-refractivity contribution < 1.29 is 9.90 Å². The summed E-state index contributed by atoms with van der Waals surface area (Å²) < 4.78 is 1.55. The van der Waals surface area contributed by atoms with Gasteiger partial charge in [0.05, 0.1) is 12.1 Å². The maximum atomic E-state index is 12.5. The van der Waals surface area contributed by atoms with E-state index >= 15 is 0 Å². The zero-order valence-corrected chi connectivity index (χ0v) is 21.6. The zero-order valence-electron chi connectivity index (χ0n) is 21.6. The third-order valence-electron chi connectivity index (χ3n) is 11.6. The van der Waals surface area contributed by atoms with E-state index in [1.807, 2.05) is 13.0 Å². The summed E-state index contributed by atoms with van der Waals surface area (Å²) in [6.07, 6.45) is 11.6. The van der Waals surface area contributed by atoms with Gasteiger partial charge < -0.3 is 5.11 Å². The van der Waals surface area contributed by atoms with Crippen LogP contribution in [0.3, 0.4) is 0 Å². The first-order valence-electron chi connectivity index (χ1n) is 14.1. The summed E-state index contributed by atoms with van der Waals surface area (Å²) in [7, 11) is 0. The van der Waals surface area contributed by atoms with Crippen LogP contribution >= 0.6 is 0 Å². The molecule has 1 aromatic rings. The highest BCUT2D eigenvalue weighted by atomic mass is 16.3. The molecule has 0 radical (unpaired) electrons. The van der Waals surface area contributed by atoms with Crippen LogP contribution < -0.4 is 0 Å². The van der Waals surface area contributed by atoms with E-state index in [9.17, 15) is 20.4 Å². The average Bonchev–Trinajstić information content (AvgIpc) is 3.54. The summed E-state index contributed by atoms with van der Waals surface area (Å²) in [6.45, 7) is 4.75. The average molecular weight is 487 g/mol. The highest BCUT2D eigenvalue weighted by Crippen LogP contribution is 2.71. The van der Waals surface area contributed by atoms with Crippen LogP contribution in [0.25, 0.3) is 0 Å². The van der Waals surface area contributed by atoms with Gasteiger partial charge in [0.1, 0.15) is 23.8 Å². The van der Waals surface area contributed by atoms with Gasteiger partial charge in [-0.05, 0) is 112 Å². The number of aromatic nitrogens is 2. The van der Waals surface area contributed by atoms with Crippen molar-refractivity contribution in [2.24, 2.45) is 52.8 Å². The fourth-order valence-corrected chi connectivity index (χ4v) is 10.6. The molecule has 0 bridgehead atoms. The molecule has 1 N–H and O–H groups in total. The lowest BCUT2D eigenvalue weighted by molar-refractivity contribution is -0.105. The van der Waals surface area contributed by atoms with Crippen LogP contribution in [0.4, 0.5) is 0 Å². The second kappa shape index (κ2) is 8.58. The van der Waals surface area contributed by atoms with Crippen LogP contribution in [0.5, 0.6) is 0 Å². The van der Waals surface area contributed by atoms with Gasteiger partial charge in [0, 0.05) is 17.6 Å². The predicted octanol–water partition coefficient (Wildman–Crippen LogP) is 5.04. The minimum absolute atomic E-state index is 0.0781. The summed E-state index contributed by atoms with van der Waals surface area (Å²) in [4.78, 5) is 12.5. The molecule has 190 valence electrons. The van der Waals surface area contributed by atoms with E-state index in [0.29, 0.717) is 29.4 Å². The van der Waals surface area contributed by atoms with Gasteiger partial charge in [-0.15, -0.1) is 0 Å². The Labute approximate surface area is 214 Å². The first-order valence-corrected chi connectivity index (χ1v) is 14.1. The molecule has 5 saturated carbocycles. The fraction of sp³-hybridized carbons (Fsp3) is 0.767. The smallest absolute Gasteiger partial charge is 0.163 e. The van der Waals surface area contributed by atoms with E-state index in [2.05, 4.69) is 24.0 Å². The van der Waals surface area contributed by atoms with E-state index in [1.54, 1.807) is 4.68 Å². The van der Waals surface area contributed by atoms with Crippen molar-refractivity contribution in [2.45, 2.75) is 90.2 Å². The number of hydrogen-bond acceptors (Lipinski definition) is 5. The van der Waals surface area contributed by atoms with Crippen molar-refractivity contribution in [1.29, 1.82) is 10.5 Å². The lowest BCUT2D eigenvalue weighted by atomic mass is 9.48. The minimum atomic E-state index is -0.490. The number of rotatable bonds is 3. The van der Waals surface area contributed by atoms with Gasteiger partial charge in [-0.2, -0.15) is 15.6 Å². The summed E-state index contributed by atoms with van der Waals surface area (Å²) >= 11 is 0. The summed E-state index contributed by atoms with van der Waals surface area (Å²) in [5.41, 5.74) is 0.888. The summed E-state index contributed by atoms with van der Waals surface area (Å²) in [6, 6.07) is 5.67. The molecule has 10 atom stereocenters. The van der Waals surface area contributed by atoms with Crippen molar-refractivity contribution in [3.63, 3.8) is 0 Å². The molecule has 0 saturated heterocycles. The van der Waals surface area contributed by atoms with Crippen LogP contribution in [-0.4, -0.2) is 26.4 Å². The quantitative estimate of drug-likeness (QED) is 0.603. The first kappa shape index (κ1) is 24.0. The summed E-state index contributed by atoms with van der Waals surface area (Å²) in [5, 5.41) is 33.9. The van der Waals surface area contributed by atoms with Crippen LogP contribution in [0.1, 0.15) is 89.4 Å². The molecule has 0 aromatic carbocycles. The van der Waals surface area contributed by atoms with Crippen LogP contribution in [-0.2, 0) is 11.3 Å². The first-order chi connectivity index (χ1) is 17.3. The Bertz CT molecular complexity index is 1180. The maximum Gasteiger partial charge on any atom is 0.163 e. The maximum absolute atomic E-state index is 12.5. The zero-order chi connectivity index (χ0) is 25.2. The molecule has 36 heavy (non-hydrogen) atoms. The highest BCUT2D eigenvalue weighted by molar-refractivity contribution is 5.55. The number of fused-ring (bicyclic) bond motifs is 7. The van der Waals surface area contributed by atoms with Crippen molar-refractivity contribution in [1.82, 2.24) is 9.78 Å². The van der Waals surface area contributed by atoms with Gasteiger partial charge in [0.2, 0.25) is 0 Å². The molecule has 5 aliphatic rings. The van der Waals surface area contributed by atoms with E-state index < -0.39 is 5.60 Å². The van der Waals surface area contributed by atoms with Crippen molar-refractivity contribution in [3.8, 4) is 12.1 Å². The second-order valence-electron chi connectivity index (χ2n) is 13.3. The number of nitriles is 2. The Morgan fingerprint density at radius 2 is 1.78 bits per heavy atom. The molecular formula is C30H38N4O2. The molecule has 6 nitrogen and oxygen atoms in total. The molecule has 6 heteroatoms. The topological polar surface area (TPSA) is 103 Å². The van der Waals surface area contributed by atoms with E-state index in [0.717, 1.165) is 49.0 Å². The van der Waals surface area contributed by atoms with E-state index in [1.165, 1.54) is 44.6 Å². The lowest BCUT2D eigenvalue weighted by Crippen LogP contribution is -2.51. The molecule has 0 amide bonds.